The summed E-state index contributed by atoms with van der Waals surface area (Å²) in [7, 11) is -3.28. The maximum atomic E-state index is 12.4. The minimum Gasteiger partial charge on any atom is -0.353 e. The van der Waals surface area contributed by atoms with Crippen LogP contribution in [0.2, 0.25) is 0 Å². The molecular formula is C15H23N5O3S. The summed E-state index contributed by atoms with van der Waals surface area (Å²) >= 11 is 0. The second-order valence-electron chi connectivity index (χ2n) is 6.39. The lowest BCUT2D eigenvalue weighted by molar-refractivity contribution is -0.120. The largest absolute Gasteiger partial charge is 0.353 e. The standard InChI is InChI=1S/C15H23N5O3S/c1-11(2)24(22,23)20-6-3-12-13(4-7-20)17-10-18-15(12)19-8-5-16-14(21)9-19/h10-11H,3-9H2,1-2H3,(H,16,21). The number of rotatable bonds is 3. The number of nitrogens with one attached hydrogen (secondary N) is 1. The summed E-state index contributed by atoms with van der Waals surface area (Å²) in [5, 5.41) is 2.37. The van der Waals surface area contributed by atoms with E-state index < -0.39 is 15.3 Å². The minimum atomic E-state index is -3.28. The summed E-state index contributed by atoms with van der Waals surface area (Å²) in [5.74, 6) is 0.741. The van der Waals surface area contributed by atoms with Crippen LogP contribution in [0.1, 0.15) is 25.1 Å². The van der Waals surface area contributed by atoms with Crippen molar-refractivity contribution in [2.45, 2.75) is 31.9 Å². The lowest BCUT2D eigenvalue weighted by Gasteiger charge is -2.29. The highest BCUT2D eigenvalue weighted by atomic mass is 32.2. The smallest absolute Gasteiger partial charge is 0.239 e. The summed E-state index contributed by atoms with van der Waals surface area (Å²) in [6.07, 6.45) is 2.64. The highest BCUT2D eigenvalue weighted by Gasteiger charge is 2.30. The number of amides is 1. The van der Waals surface area contributed by atoms with Gasteiger partial charge in [0, 0.05) is 38.2 Å². The van der Waals surface area contributed by atoms with E-state index in [1.165, 1.54) is 6.33 Å². The minimum absolute atomic E-state index is 0.0220. The summed E-state index contributed by atoms with van der Waals surface area (Å²) in [6, 6.07) is 0. The molecule has 1 aromatic heterocycles. The van der Waals surface area contributed by atoms with E-state index in [-0.39, 0.29) is 12.5 Å². The molecule has 0 saturated carbocycles. The van der Waals surface area contributed by atoms with E-state index in [9.17, 15) is 13.2 Å². The van der Waals surface area contributed by atoms with Gasteiger partial charge in [0.2, 0.25) is 15.9 Å². The van der Waals surface area contributed by atoms with Crippen LogP contribution in [0, 0.1) is 0 Å². The molecule has 24 heavy (non-hydrogen) atoms. The zero-order chi connectivity index (χ0) is 17.3. The molecule has 3 rings (SSSR count). The molecule has 9 heteroatoms. The maximum absolute atomic E-state index is 12.4. The third kappa shape index (κ3) is 3.23. The second-order valence-corrected chi connectivity index (χ2v) is 8.88. The fraction of sp³-hybridized carbons (Fsp3) is 0.667. The van der Waals surface area contributed by atoms with Gasteiger partial charge >= 0.3 is 0 Å². The average Bonchev–Trinajstić information content (AvgIpc) is 2.77. The SMILES string of the molecule is CC(C)S(=O)(=O)N1CCc2ncnc(N3CCNC(=O)C3)c2CC1. The van der Waals surface area contributed by atoms with E-state index in [0.29, 0.717) is 39.0 Å². The van der Waals surface area contributed by atoms with Gasteiger partial charge in [0.25, 0.3) is 0 Å². The molecule has 2 aliphatic heterocycles. The molecule has 0 aromatic carbocycles. The number of carbonyl (C=O) groups excluding carboxylic acids is 1. The summed E-state index contributed by atoms with van der Waals surface area (Å²) < 4.78 is 26.4. The van der Waals surface area contributed by atoms with Crippen molar-refractivity contribution >= 4 is 21.7 Å². The second kappa shape index (κ2) is 6.64. The Balaban J connectivity index is 1.87. The Kier molecular flexibility index (Phi) is 4.73. The molecule has 0 aliphatic carbocycles. The fourth-order valence-electron chi connectivity index (χ4n) is 3.13. The van der Waals surface area contributed by atoms with Crippen LogP contribution in [0.15, 0.2) is 6.33 Å². The average molecular weight is 353 g/mol. The lowest BCUT2D eigenvalue weighted by atomic mass is 10.1. The molecule has 0 atom stereocenters. The van der Waals surface area contributed by atoms with Crippen molar-refractivity contribution in [1.29, 1.82) is 0 Å². The first-order valence-corrected chi connectivity index (χ1v) is 9.73. The number of anilines is 1. The first kappa shape index (κ1) is 17.1. The van der Waals surface area contributed by atoms with Crippen LogP contribution in [0.4, 0.5) is 5.82 Å². The molecule has 1 fully saturated rings. The van der Waals surface area contributed by atoms with Crippen LogP contribution >= 0.6 is 0 Å². The van der Waals surface area contributed by atoms with E-state index >= 15 is 0 Å². The molecule has 2 aliphatic rings. The molecule has 0 radical (unpaired) electrons. The zero-order valence-corrected chi connectivity index (χ0v) is 14.8. The van der Waals surface area contributed by atoms with E-state index in [2.05, 4.69) is 15.3 Å². The number of carbonyl (C=O) groups is 1. The molecule has 1 N–H and O–H groups in total. The van der Waals surface area contributed by atoms with E-state index in [4.69, 9.17) is 0 Å². The normalized spacial score (nSPS) is 19.8. The van der Waals surface area contributed by atoms with Gasteiger partial charge in [0.15, 0.2) is 0 Å². The van der Waals surface area contributed by atoms with Gasteiger partial charge in [-0.15, -0.1) is 0 Å². The molecule has 0 bridgehead atoms. The van der Waals surface area contributed by atoms with Gasteiger partial charge in [-0.05, 0) is 20.3 Å². The Morgan fingerprint density at radius 1 is 1.17 bits per heavy atom. The molecule has 1 aromatic rings. The molecular weight excluding hydrogens is 330 g/mol. The Hall–Kier alpha value is -1.74. The fourth-order valence-corrected chi connectivity index (χ4v) is 4.42. The Morgan fingerprint density at radius 3 is 2.62 bits per heavy atom. The van der Waals surface area contributed by atoms with Crippen molar-refractivity contribution in [3.8, 4) is 0 Å². The van der Waals surface area contributed by atoms with Gasteiger partial charge in [0.1, 0.15) is 12.1 Å². The number of aromatic nitrogens is 2. The predicted octanol–water partition coefficient (Wildman–Crippen LogP) is -0.448. The van der Waals surface area contributed by atoms with E-state index in [1.807, 2.05) is 4.90 Å². The number of sulfonamides is 1. The lowest BCUT2D eigenvalue weighted by Crippen LogP contribution is -2.48. The quantitative estimate of drug-likeness (QED) is 0.791. The molecule has 8 nitrogen and oxygen atoms in total. The van der Waals surface area contributed by atoms with Gasteiger partial charge in [-0.2, -0.15) is 0 Å². The van der Waals surface area contributed by atoms with Crippen LogP contribution in [0.5, 0.6) is 0 Å². The zero-order valence-electron chi connectivity index (χ0n) is 14.0. The molecule has 0 spiro atoms. The van der Waals surface area contributed by atoms with Crippen molar-refractivity contribution in [3.63, 3.8) is 0 Å². The van der Waals surface area contributed by atoms with Crippen molar-refractivity contribution in [2.24, 2.45) is 0 Å². The molecule has 3 heterocycles. The highest BCUT2D eigenvalue weighted by Crippen LogP contribution is 2.25. The number of fused-ring (bicyclic) bond motifs is 1. The predicted molar refractivity (Wildman–Crippen MR) is 90.3 cm³/mol. The van der Waals surface area contributed by atoms with Crippen molar-refractivity contribution in [3.05, 3.63) is 17.6 Å². The van der Waals surface area contributed by atoms with E-state index in [1.54, 1.807) is 18.2 Å². The number of piperazine rings is 1. The Bertz CT molecular complexity index is 735. The van der Waals surface area contributed by atoms with Crippen molar-refractivity contribution < 1.29 is 13.2 Å². The summed E-state index contributed by atoms with van der Waals surface area (Å²) in [5.41, 5.74) is 1.85. The van der Waals surface area contributed by atoms with Crippen LogP contribution in [0.3, 0.4) is 0 Å². The van der Waals surface area contributed by atoms with Gasteiger partial charge in [-0.3, -0.25) is 4.79 Å². The van der Waals surface area contributed by atoms with Gasteiger partial charge < -0.3 is 10.2 Å². The molecule has 0 unspecified atom stereocenters. The highest BCUT2D eigenvalue weighted by molar-refractivity contribution is 7.89. The first-order chi connectivity index (χ1) is 11.4. The Labute approximate surface area is 142 Å². The third-order valence-electron chi connectivity index (χ3n) is 4.51. The number of hydrogen-bond donors (Lipinski definition) is 1. The van der Waals surface area contributed by atoms with Crippen LogP contribution in [0.25, 0.3) is 0 Å². The van der Waals surface area contributed by atoms with E-state index in [0.717, 1.165) is 17.1 Å². The maximum Gasteiger partial charge on any atom is 0.239 e. The van der Waals surface area contributed by atoms with Crippen LogP contribution in [-0.2, 0) is 27.7 Å². The Morgan fingerprint density at radius 2 is 1.92 bits per heavy atom. The summed E-state index contributed by atoms with van der Waals surface area (Å²) in [4.78, 5) is 22.3. The molecule has 132 valence electrons. The monoisotopic (exact) mass is 353 g/mol. The van der Waals surface area contributed by atoms with Gasteiger partial charge in [-0.25, -0.2) is 22.7 Å². The van der Waals surface area contributed by atoms with Crippen molar-refractivity contribution in [2.75, 3.05) is 37.6 Å². The number of nitrogens with zero attached hydrogens (tertiary/aromatic N) is 4. The molecule has 1 saturated heterocycles. The summed E-state index contributed by atoms with van der Waals surface area (Å²) in [6.45, 7) is 5.82. The van der Waals surface area contributed by atoms with Crippen LogP contribution < -0.4 is 10.2 Å². The topological polar surface area (TPSA) is 95.5 Å². The van der Waals surface area contributed by atoms with Gasteiger partial charge in [0.05, 0.1) is 17.5 Å². The number of hydrogen-bond acceptors (Lipinski definition) is 6. The first-order valence-electron chi connectivity index (χ1n) is 8.23. The van der Waals surface area contributed by atoms with Crippen LogP contribution in [-0.4, -0.2) is 66.6 Å². The molecule has 1 amide bonds. The third-order valence-corrected chi connectivity index (χ3v) is 6.79. The van der Waals surface area contributed by atoms with Crippen molar-refractivity contribution in [1.82, 2.24) is 19.6 Å². The van der Waals surface area contributed by atoms with Gasteiger partial charge in [-0.1, -0.05) is 0 Å².